The fourth-order valence-electron chi connectivity index (χ4n) is 5.79. The Labute approximate surface area is 243 Å². The van der Waals surface area contributed by atoms with E-state index >= 15 is 0 Å². The van der Waals surface area contributed by atoms with E-state index in [0.717, 1.165) is 68.9 Å². The number of ether oxygens (including phenoxy) is 1. The van der Waals surface area contributed by atoms with Crippen molar-refractivity contribution in [1.29, 1.82) is 0 Å². The fourth-order valence-corrected chi connectivity index (χ4v) is 5.79. The lowest BCUT2D eigenvalue weighted by atomic mass is 9.98. The lowest BCUT2D eigenvalue weighted by Gasteiger charge is -2.27. The Morgan fingerprint density at radius 1 is 1.00 bits per heavy atom. The highest BCUT2D eigenvalue weighted by atomic mass is 19.4. The molecular weight excluding hydrogens is 537 g/mol. The molecule has 0 saturated heterocycles. The Bertz CT molecular complexity index is 1750. The van der Waals surface area contributed by atoms with Crippen LogP contribution < -0.4 is 4.74 Å². The van der Waals surface area contributed by atoms with Gasteiger partial charge in [0.1, 0.15) is 11.4 Å². The van der Waals surface area contributed by atoms with Gasteiger partial charge in [0.15, 0.2) is 0 Å². The third kappa shape index (κ3) is 5.43. The van der Waals surface area contributed by atoms with E-state index in [9.17, 15) is 13.2 Å². The van der Waals surface area contributed by atoms with Gasteiger partial charge in [-0.2, -0.15) is 18.3 Å². The largest absolute Gasteiger partial charge is 0.491 e. The second-order valence-electron chi connectivity index (χ2n) is 11.7. The van der Waals surface area contributed by atoms with Crippen molar-refractivity contribution in [3.8, 4) is 22.7 Å². The van der Waals surface area contributed by atoms with Crippen molar-refractivity contribution in [3.63, 3.8) is 0 Å². The molecule has 0 aliphatic carbocycles. The van der Waals surface area contributed by atoms with E-state index in [1.165, 1.54) is 12.1 Å². The zero-order valence-corrected chi connectivity index (χ0v) is 24.3. The van der Waals surface area contributed by atoms with Crippen LogP contribution in [0.4, 0.5) is 13.2 Å². The maximum Gasteiger partial charge on any atom is 0.416 e. The molecule has 1 aliphatic rings. The molecule has 3 aromatic carbocycles. The monoisotopic (exact) mass is 572 g/mol. The number of nitrogens with one attached hydrogen (secondary N) is 1. The molecule has 3 heterocycles. The molecule has 2 aromatic heterocycles. The van der Waals surface area contributed by atoms with Crippen LogP contribution in [0.3, 0.4) is 0 Å². The summed E-state index contributed by atoms with van der Waals surface area (Å²) in [4.78, 5) is 5.58. The van der Waals surface area contributed by atoms with Crippen molar-refractivity contribution in [1.82, 2.24) is 19.7 Å². The molecule has 1 N–H and O–H groups in total. The highest BCUT2D eigenvalue weighted by molar-refractivity contribution is 5.85. The van der Waals surface area contributed by atoms with E-state index in [1.807, 2.05) is 18.3 Å². The third-order valence-corrected chi connectivity index (χ3v) is 7.99. The van der Waals surface area contributed by atoms with Crippen LogP contribution in [-0.2, 0) is 25.7 Å². The van der Waals surface area contributed by atoms with Crippen LogP contribution in [0.25, 0.3) is 27.8 Å². The SMILES string of the molecule is Cc1cc(C(F)(F)F)ccc1CN1CCc2nn(-c3c(C)cccc3OCC(C)C)c(-c3ccc4[nH]ccc4c3)c2C1. The van der Waals surface area contributed by atoms with E-state index in [0.29, 0.717) is 31.2 Å². The van der Waals surface area contributed by atoms with Gasteiger partial charge in [-0.3, -0.25) is 4.90 Å². The van der Waals surface area contributed by atoms with Crippen LogP contribution in [0.5, 0.6) is 5.75 Å². The molecule has 218 valence electrons. The summed E-state index contributed by atoms with van der Waals surface area (Å²) in [5.74, 6) is 1.17. The smallest absolute Gasteiger partial charge is 0.416 e. The quantitative estimate of drug-likeness (QED) is 0.214. The van der Waals surface area contributed by atoms with Crippen LogP contribution in [0, 0.1) is 19.8 Å². The molecule has 0 spiro atoms. The first-order chi connectivity index (χ1) is 20.1. The molecule has 0 saturated carbocycles. The molecule has 1 aliphatic heterocycles. The topological polar surface area (TPSA) is 46.1 Å². The summed E-state index contributed by atoms with van der Waals surface area (Å²) >= 11 is 0. The maximum absolute atomic E-state index is 13.3. The number of hydrogen-bond acceptors (Lipinski definition) is 3. The first-order valence-electron chi connectivity index (χ1n) is 14.4. The number of aromatic nitrogens is 3. The van der Waals surface area contributed by atoms with Gasteiger partial charge in [0.05, 0.1) is 23.6 Å². The van der Waals surface area contributed by atoms with Crippen LogP contribution in [0.15, 0.2) is 66.9 Å². The van der Waals surface area contributed by atoms with E-state index in [2.05, 4.69) is 65.7 Å². The number of halogens is 3. The summed E-state index contributed by atoms with van der Waals surface area (Å²) in [5.41, 5.74) is 8.26. The van der Waals surface area contributed by atoms with Crippen molar-refractivity contribution in [3.05, 3.63) is 100 Å². The number of alkyl halides is 3. The Hall–Kier alpha value is -4.04. The lowest BCUT2D eigenvalue weighted by Crippen LogP contribution is -2.30. The van der Waals surface area contributed by atoms with Crippen LogP contribution in [-0.4, -0.2) is 32.8 Å². The molecule has 0 radical (unpaired) electrons. The highest BCUT2D eigenvalue weighted by Gasteiger charge is 2.31. The minimum Gasteiger partial charge on any atom is -0.491 e. The van der Waals surface area contributed by atoms with Gasteiger partial charge in [-0.05, 0) is 72.9 Å². The molecule has 0 fully saturated rings. The molecule has 6 rings (SSSR count). The van der Waals surface area contributed by atoms with E-state index in [4.69, 9.17) is 9.84 Å². The molecule has 0 unspecified atom stereocenters. The number of H-pyrrole nitrogens is 1. The summed E-state index contributed by atoms with van der Waals surface area (Å²) in [6.07, 6.45) is -1.66. The summed E-state index contributed by atoms with van der Waals surface area (Å²) in [6.45, 7) is 10.7. The predicted molar refractivity (Wildman–Crippen MR) is 160 cm³/mol. The zero-order valence-electron chi connectivity index (χ0n) is 24.3. The van der Waals surface area contributed by atoms with Gasteiger partial charge >= 0.3 is 6.18 Å². The molecule has 0 amide bonds. The first-order valence-corrected chi connectivity index (χ1v) is 14.4. The summed E-state index contributed by atoms with van der Waals surface area (Å²) in [5, 5.41) is 6.30. The van der Waals surface area contributed by atoms with Crippen molar-refractivity contribution in [2.24, 2.45) is 5.92 Å². The van der Waals surface area contributed by atoms with Crippen molar-refractivity contribution in [2.75, 3.05) is 13.2 Å². The molecule has 5 aromatic rings. The number of hydrogen-bond donors (Lipinski definition) is 1. The third-order valence-electron chi connectivity index (χ3n) is 7.99. The molecule has 42 heavy (non-hydrogen) atoms. The van der Waals surface area contributed by atoms with E-state index < -0.39 is 11.7 Å². The molecule has 5 nitrogen and oxygen atoms in total. The summed E-state index contributed by atoms with van der Waals surface area (Å²) in [6, 6.07) is 18.6. The number of aromatic amines is 1. The number of nitrogens with zero attached hydrogens (tertiary/aromatic N) is 3. The van der Waals surface area contributed by atoms with Gasteiger partial charge in [-0.1, -0.05) is 38.1 Å². The van der Waals surface area contributed by atoms with Crippen molar-refractivity contribution < 1.29 is 17.9 Å². The second-order valence-corrected chi connectivity index (χ2v) is 11.7. The Morgan fingerprint density at radius 2 is 1.83 bits per heavy atom. The zero-order chi connectivity index (χ0) is 29.6. The number of fused-ring (bicyclic) bond motifs is 2. The molecule has 0 bridgehead atoms. The highest BCUT2D eigenvalue weighted by Crippen LogP contribution is 2.38. The Morgan fingerprint density at radius 3 is 2.60 bits per heavy atom. The van der Waals surface area contributed by atoms with Gasteiger partial charge in [0, 0.05) is 54.3 Å². The van der Waals surface area contributed by atoms with Crippen LogP contribution >= 0.6 is 0 Å². The number of rotatable bonds is 7. The minimum absolute atomic E-state index is 0.377. The standard InChI is InChI=1S/C34H35F3N4O/c1-21(2)20-42-31-7-5-6-22(3)32(31)41-33(25-9-11-29-24(17-25)12-14-38-29)28-19-40(15-13-30(28)39-41)18-26-8-10-27(16-23(26)4)34(35,36)37/h5-12,14,16-17,21,38H,13,15,18-20H2,1-4H3. The maximum atomic E-state index is 13.3. The van der Waals surface area contributed by atoms with Gasteiger partial charge in [0.2, 0.25) is 0 Å². The Balaban J connectivity index is 1.43. The van der Waals surface area contributed by atoms with Crippen molar-refractivity contribution >= 4 is 10.9 Å². The normalized spacial score (nSPS) is 14.1. The van der Waals surface area contributed by atoms with Crippen molar-refractivity contribution in [2.45, 2.75) is 53.4 Å². The lowest BCUT2D eigenvalue weighted by molar-refractivity contribution is -0.137. The molecule has 8 heteroatoms. The number of aryl methyl sites for hydroxylation is 2. The number of benzene rings is 3. The second kappa shape index (κ2) is 11.0. The van der Waals surface area contributed by atoms with E-state index in [1.54, 1.807) is 13.0 Å². The number of para-hydroxylation sites is 1. The van der Waals surface area contributed by atoms with Gasteiger partial charge in [0.25, 0.3) is 0 Å². The van der Waals surface area contributed by atoms with Gasteiger partial charge in [-0.25, -0.2) is 4.68 Å². The summed E-state index contributed by atoms with van der Waals surface area (Å²) in [7, 11) is 0. The van der Waals surface area contributed by atoms with Crippen LogP contribution in [0.2, 0.25) is 0 Å². The Kier molecular flexibility index (Phi) is 7.35. The van der Waals surface area contributed by atoms with Gasteiger partial charge < -0.3 is 9.72 Å². The molecule has 0 atom stereocenters. The minimum atomic E-state index is -4.35. The average Bonchev–Trinajstić information content (AvgIpc) is 3.56. The molecular formula is C34H35F3N4O. The first kappa shape index (κ1) is 28.1. The predicted octanol–water partition coefficient (Wildman–Crippen LogP) is 8.25. The van der Waals surface area contributed by atoms with E-state index in [-0.39, 0.29) is 0 Å². The van der Waals surface area contributed by atoms with Gasteiger partial charge in [-0.15, -0.1) is 0 Å². The summed E-state index contributed by atoms with van der Waals surface area (Å²) < 4.78 is 48.1. The average molecular weight is 573 g/mol. The van der Waals surface area contributed by atoms with Crippen LogP contribution in [0.1, 0.15) is 47.4 Å². The fraction of sp³-hybridized carbons (Fsp3) is 0.324.